The number of carboxylic acids is 1. The molecule has 3 heteroatoms. The van der Waals surface area contributed by atoms with Gasteiger partial charge in [-0.1, -0.05) is 44.1 Å². The molecule has 21 heavy (non-hydrogen) atoms. The van der Waals surface area contributed by atoms with Gasteiger partial charge in [-0.3, -0.25) is 4.79 Å². The van der Waals surface area contributed by atoms with Gasteiger partial charge in [0.1, 0.15) is 0 Å². The quantitative estimate of drug-likeness (QED) is 0.299. The summed E-state index contributed by atoms with van der Waals surface area (Å²) in [6, 6.07) is 0. The highest BCUT2D eigenvalue weighted by molar-refractivity contribution is 5.66. The van der Waals surface area contributed by atoms with Crippen LogP contribution in [0.1, 0.15) is 71.1 Å². The van der Waals surface area contributed by atoms with Gasteiger partial charge in [0.2, 0.25) is 0 Å². The highest BCUT2D eigenvalue weighted by atomic mass is 16.6. The number of aliphatic carboxylic acids is 1. The highest BCUT2D eigenvalue weighted by Crippen LogP contribution is 2.30. The summed E-state index contributed by atoms with van der Waals surface area (Å²) in [6.45, 7) is 2.23. The maximum absolute atomic E-state index is 10.4. The van der Waals surface area contributed by atoms with Crippen LogP contribution >= 0.6 is 0 Å². The zero-order chi connectivity index (χ0) is 15.3. The molecule has 0 saturated carbocycles. The van der Waals surface area contributed by atoms with Crippen LogP contribution in [-0.2, 0) is 9.53 Å². The van der Waals surface area contributed by atoms with E-state index < -0.39 is 5.97 Å². The summed E-state index contributed by atoms with van der Waals surface area (Å²) >= 11 is 0. The molecule has 1 saturated heterocycles. The number of epoxide rings is 1. The Morgan fingerprint density at radius 2 is 1.71 bits per heavy atom. The normalized spacial score (nSPS) is 21.4. The minimum absolute atomic E-state index is 0.261. The molecule has 2 unspecified atom stereocenters. The molecule has 0 bridgehead atoms. The fourth-order valence-corrected chi connectivity index (χ4v) is 2.42. The van der Waals surface area contributed by atoms with Gasteiger partial charge in [-0.25, -0.2) is 0 Å². The predicted octanol–water partition coefficient (Wildman–Crippen LogP) is 4.87. The molecule has 1 heterocycles. The molecule has 0 aliphatic carbocycles. The van der Waals surface area contributed by atoms with Crippen molar-refractivity contribution in [2.75, 3.05) is 0 Å². The van der Waals surface area contributed by atoms with Gasteiger partial charge >= 0.3 is 5.97 Å². The zero-order valence-electron chi connectivity index (χ0n) is 13.3. The summed E-state index contributed by atoms with van der Waals surface area (Å²) in [4.78, 5) is 10.4. The Morgan fingerprint density at radius 1 is 1.00 bits per heavy atom. The number of rotatable bonds is 13. The summed E-state index contributed by atoms with van der Waals surface area (Å²) < 4.78 is 5.54. The number of unbranched alkanes of at least 4 members (excludes halogenated alkanes) is 3. The molecule has 0 radical (unpaired) electrons. The van der Waals surface area contributed by atoms with Gasteiger partial charge in [0.15, 0.2) is 0 Å². The van der Waals surface area contributed by atoms with E-state index in [1.807, 2.05) is 0 Å². The lowest BCUT2D eigenvalue weighted by Gasteiger charge is -1.93. The summed E-state index contributed by atoms with van der Waals surface area (Å²) in [5.74, 6) is -0.710. The first-order valence-electron chi connectivity index (χ1n) is 8.41. The van der Waals surface area contributed by atoms with E-state index in [9.17, 15) is 4.79 Å². The Morgan fingerprint density at radius 3 is 2.43 bits per heavy atom. The number of allylic oxidation sites excluding steroid dienone is 4. The van der Waals surface area contributed by atoms with Gasteiger partial charge in [0, 0.05) is 6.42 Å². The average molecular weight is 294 g/mol. The number of hydrogen-bond donors (Lipinski definition) is 1. The number of ether oxygens (including phenoxy) is 1. The standard InChI is InChI=1S/C18H30O3/c1-2-3-4-5-6-7-8-9-10-11-13-16-17(21-16)14-12-15-18(19)20/h6-7,9-10,16-17H,2-5,8,11-15H2,1H3,(H,19,20). The van der Waals surface area contributed by atoms with Crippen LogP contribution in [0.5, 0.6) is 0 Å². The second-order valence-electron chi connectivity index (χ2n) is 5.75. The topological polar surface area (TPSA) is 49.8 Å². The number of carboxylic acid groups (broad SMARTS) is 1. The van der Waals surface area contributed by atoms with Crippen LogP contribution in [0.3, 0.4) is 0 Å². The van der Waals surface area contributed by atoms with Crippen molar-refractivity contribution >= 4 is 5.97 Å². The van der Waals surface area contributed by atoms with Crippen molar-refractivity contribution in [3.63, 3.8) is 0 Å². The minimum Gasteiger partial charge on any atom is -0.481 e. The largest absolute Gasteiger partial charge is 0.481 e. The first kappa shape index (κ1) is 18.0. The highest BCUT2D eigenvalue weighted by Gasteiger charge is 2.36. The van der Waals surface area contributed by atoms with Crippen molar-refractivity contribution in [1.29, 1.82) is 0 Å². The molecule has 1 fully saturated rings. The van der Waals surface area contributed by atoms with E-state index in [-0.39, 0.29) is 6.42 Å². The molecule has 2 atom stereocenters. The lowest BCUT2D eigenvalue weighted by atomic mass is 10.1. The lowest BCUT2D eigenvalue weighted by Crippen LogP contribution is -1.98. The van der Waals surface area contributed by atoms with E-state index >= 15 is 0 Å². The van der Waals surface area contributed by atoms with Gasteiger partial charge < -0.3 is 9.84 Å². The van der Waals surface area contributed by atoms with Crippen LogP contribution in [0.25, 0.3) is 0 Å². The second kappa shape index (κ2) is 11.6. The van der Waals surface area contributed by atoms with E-state index in [0.29, 0.717) is 12.2 Å². The Bertz CT molecular complexity index is 333. The Balaban J connectivity index is 1.88. The molecule has 120 valence electrons. The first-order chi connectivity index (χ1) is 10.2. The second-order valence-corrected chi connectivity index (χ2v) is 5.75. The third-order valence-corrected chi connectivity index (χ3v) is 3.76. The molecular formula is C18H30O3. The Hall–Kier alpha value is -1.09. The van der Waals surface area contributed by atoms with Gasteiger partial charge in [-0.05, 0) is 44.9 Å². The van der Waals surface area contributed by atoms with E-state index in [1.54, 1.807) is 0 Å². The first-order valence-corrected chi connectivity index (χ1v) is 8.41. The molecule has 0 aromatic carbocycles. The molecular weight excluding hydrogens is 264 g/mol. The van der Waals surface area contributed by atoms with Crippen molar-refractivity contribution in [2.24, 2.45) is 0 Å². The van der Waals surface area contributed by atoms with Gasteiger partial charge in [0.25, 0.3) is 0 Å². The molecule has 1 N–H and O–H groups in total. The lowest BCUT2D eigenvalue weighted by molar-refractivity contribution is -0.137. The SMILES string of the molecule is CCCCCC=CCC=CCCC1OC1CCCC(=O)O. The Kier molecular flexibility index (Phi) is 9.88. The van der Waals surface area contributed by atoms with Gasteiger partial charge in [0.05, 0.1) is 12.2 Å². The van der Waals surface area contributed by atoms with Crippen molar-refractivity contribution in [1.82, 2.24) is 0 Å². The summed E-state index contributed by atoms with van der Waals surface area (Å²) in [6.07, 6.45) is 19.8. The van der Waals surface area contributed by atoms with E-state index in [2.05, 4.69) is 31.2 Å². The van der Waals surface area contributed by atoms with Crippen LogP contribution in [0.15, 0.2) is 24.3 Å². The van der Waals surface area contributed by atoms with Gasteiger partial charge in [-0.2, -0.15) is 0 Å². The predicted molar refractivity (Wildman–Crippen MR) is 86.4 cm³/mol. The van der Waals surface area contributed by atoms with Crippen molar-refractivity contribution in [2.45, 2.75) is 83.3 Å². The van der Waals surface area contributed by atoms with Crippen molar-refractivity contribution < 1.29 is 14.6 Å². The third-order valence-electron chi connectivity index (χ3n) is 3.76. The average Bonchev–Trinajstić information content (AvgIpc) is 3.19. The van der Waals surface area contributed by atoms with E-state index in [4.69, 9.17) is 9.84 Å². The summed E-state index contributed by atoms with van der Waals surface area (Å²) in [5.41, 5.74) is 0. The molecule has 3 nitrogen and oxygen atoms in total. The third kappa shape index (κ3) is 10.3. The van der Waals surface area contributed by atoms with Crippen LogP contribution < -0.4 is 0 Å². The zero-order valence-corrected chi connectivity index (χ0v) is 13.3. The van der Waals surface area contributed by atoms with Crippen LogP contribution in [0, 0.1) is 0 Å². The molecule has 1 aliphatic rings. The molecule has 0 spiro atoms. The summed E-state index contributed by atoms with van der Waals surface area (Å²) in [5, 5.41) is 8.56. The molecule has 0 aromatic rings. The van der Waals surface area contributed by atoms with Gasteiger partial charge in [-0.15, -0.1) is 0 Å². The number of hydrogen-bond acceptors (Lipinski definition) is 2. The van der Waals surface area contributed by atoms with Crippen molar-refractivity contribution in [3.05, 3.63) is 24.3 Å². The smallest absolute Gasteiger partial charge is 0.303 e. The molecule has 0 aromatic heterocycles. The van der Waals surface area contributed by atoms with E-state index in [0.717, 1.165) is 32.1 Å². The molecule has 0 amide bonds. The van der Waals surface area contributed by atoms with E-state index in [1.165, 1.54) is 25.7 Å². The van der Waals surface area contributed by atoms with Crippen LogP contribution in [0.2, 0.25) is 0 Å². The number of carbonyl (C=O) groups is 1. The molecule has 1 rings (SSSR count). The van der Waals surface area contributed by atoms with Crippen molar-refractivity contribution in [3.8, 4) is 0 Å². The monoisotopic (exact) mass is 294 g/mol. The fourth-order valence-electron chi connectivity index (χ4n) is 2.42. The van der Waals surface area contributed by atoms with Crippen LogP contribution in [-0.4, -0.2) is 23.3 Å². The fraction of sp³-hybridized carbons (Fsp3) is 0.722. The Labute approximate surface area is 129 Å². The van der Waals surface area contributed by atoms with Crippen LogP contribution in [0.4, 0.5) is 0 Å². The minimum atomic E-state index is -0.710. The maximum Gasteiger partial charge on any atom is 0.303 e. The summed E-state index contributed by atoms with van der Waals surface area (Å²) in [7, 11) is 0. The maximum atomic E-state index is 10.4. The molecule has 1 aliphatic heterocycles.